The monoisotopic (exact) mass is 796 g/mol. The number of carbonyl (C=O) groups is 9. The maximum Gasteiger partial charge on any atom is 0.326 e. The van der Waals surface area contributed by atoms with E-state index in [1.54, 1.807) is 27.7 Å². The Balaban J connectivity index is 2.11. The zero-order valence-corrected chi connectivity index (χ0v) is 32.6. The van der Waals surface area contributed by atoms with Crippen molar-refractivity contribution >= 4 is 53.2 Å². The fourth-order valence-electron chi connectivity index (χ4n) is 6.54. The largest absolute Gasteiger partial charge is 0.480 e. The maximum absolute atomic E-state index is 13.8. The highest BCUT2D eigenvalue weighted by Crippen LogP contribution is 2.23. The Labute approximate surface area is 325 Å². The topological polar surface area (TPSA) is 339 Å². The van der Waals surface area contributed by atoms with Crippen LogP contribution in [-0.4, -0.2) is 148 Å². The average Bonchev–Trinajstić information content (AvgIpc) is 3.84. The molecule has 0 unspecified atom stereocenters. The highest BCUT2D eigenvalue weighted by Gasteiger charge is 2.42. The zero-order chi connectivity index (χ0) is 42.3. The first kappa shape index (κ1) is 47.3. The van der Waals surface area contributed by atoms with E-state index in [0.717, 1.165) is 0 Å². The third-order valence-corrected chi connectivity index (χ3v) is 9.74. The first-order valence-corrected chi connectivity index (χ1v) is 19.0. The summed E-state index contributed by atoms with van der Waals surface area (Å²) in [6.07, 6.45) is 1.85. The minimum atomic E-state index is -1.54. The zero-order valence-electron chi connectivity index (χ0n) is 32.6. The van der Waals surface area contributed by atoms with E-state index in [2.05, 4.69) is 26.6 Å². The molecule has 2 heterocycles. The van der Waals surface area contributed by atoms with Crippen LogP contribution in [0, 0.1) is 11.8 Å². The molecule has 56 heavy (non-hydrogen) atoms. The van der Waals surface area contributed by atoms with E-state index in [9.17, 15) is 53.4 Å². The fraction of sp³-hybridized carbons (Fsp3) is 0.743. The van der Waals surface area contributed by atoms with Gasteiger partial charge in [-0.05, 0) is 63.3 Å². The second kappa shape index (κ2) is 22.6. The van der Waals surface area contributed by atoms with Gasteiger partial charge in [-0.3, -0.25) is 38.4 Å². The Hall–Kier alpha value is -4.89. The van der Waals surface area contributed by atoms with Gasteiger partial charge in [0.1, 0.15) is 42.3 Å². The van der Waals surface area contributed by atoms with E-state index in [1.807, 2.05) is 0 Å². The van der Waals surface area contributed by atoms with Crippen molar-refractivity contribution in [3.63, 3.8) is 0 Å². The highest BCUT2D eigenvalue weighted by molar-refractivity contribution is 5.98. The van der Waals surface area contributed by atoms with Crippen molar-refractivity contribution in [1.82, 2.24) is 36.4 Å². The minimum Gasteiger partial charge on any atom is -0.480 e. The summed E-state index contributed by atoms with van der Waals surface area (Å²) in [7, 11) is 0. The minimum absolute atomic E-state index is 0.0947. The lowest BCUT2D eigenvalue weighted by molar-refractivity contribution is -0.146. The van der Waals surface area contributed by atoms with Crippen LogP contribution in [0.2, 0.25) is 0 Å². The van der Waals surface area contributed by atoms with Crippen LogP contribution in [0.4, 0.5) is 0 Å². The first-order chi connectivity index (χ1) is 26.3. The van der Waals surface area contributed by atoms with E-state index in [0.29, 0.717) is 38.6 Å². The molecule has 2 rings (SSSR count). The number of primary amides is 1. The first-order valence-electron chi connectivity index (χ1n) is 19.0. The second-order valence-corrected chi connectivity index (χ2v) is 14.8. The van der Waals surface area contributed by atoms with Gasteiger partial charge in [-0.1, -0.05) is 27.7 Å². The maximum atomic E-state index is 13.8. The number of hydrogen-bond acceptors (Lipinski definition) is 12. The number of amides is 8. The van der Waals surface area contributed by atoms with Crippen LogP contribution in [0.1, 0.15) is 79.1 Å². The molecule has 21 heteroatoms. The molecule has 2 aliphatic heterocycles. The van der Waals surface area contributed by atoms with E-state index in [1.165, 1.54) is 9.80 Å². The van der Waals surface area contributed by atoms with Crippen LogP contribution in [0.3, 0.4) is 0 Å². The Bertz CT molecular complexity index is 1440. The molecule has 7 atom stereocenters. The number of carboxylic acids is 1. The number of aliphatic carboxylic acids is 1. The van der Waals surface area contributed by atoms with Gasteiger partial charge in [0.05, 0.1) is 19.6 Å². The number of nitrogens with one attached hydrogen (secondary N) is 5. The van der Waals surface area contributed by atoms with Crippen LogP contribution in [0.25, 0.3) is 0 Å². The van der Waals surface area contributed by atoms with E-state index >= 15 is 0 Å². The highest BCUT2D eigenvalue weighted by atomic mass is 16.4. The lowest BCUT2D eigenvalue weighted by atomic mass is 10.0. The molecule has 0 spiro atoms. The summed E-state index contributed by atoms with van der Waals surface area (Å²) in [6, 6.07) is -8.21. The molecule has 2 aliphatic rings. The van der Waals surface area contributed by atoms with Gasteiger partial charge in [-0.15, -0.1) is 0 Å². The summed E-state index contributed by atoms with van der Waals surface area (Å²) in [5, 5.41) is 31.2. The SMILES string of the molecule is CC(C)[C@H](NC(=O)[C@@H]1CCCN1C(=O)[C@@H](NC(=O)[C@@H]1CCCN1C(=O)CNC(=O)[C@H](CC(N)=O)NC(=O)[C@H](CCCCN)NC(=O)[C@@H](N)CO)C(C)C)C(=O)O. The number of aliphatic hydroxyl groups excluding tert-OH is 1. The number of unbranched alkanes of at least 4 members (excludes halogenated alkanes) is 1. The van der Waals surface area contributed by atoms with Crippen molar-refractivity contribution < 1.29 is 53.4 Å². The number of rotatable bonds is 22. The predicted molar refractivity (Wildman–Crippen MR) is 199 cm³/mol. The van der Waals surface area contributed by atoms with Crippen molar-refractivity contribution in [2.24, 2.45) is 29.0 Å². The van der Waals surface area contributed by atoms with Gasteiger partial charge in [0.25, 0.3) is 0 Å². The molecule has 0 saturated carbocycles. The number of aliphatic hydroxyl groups is 1. The smallest absolute Gasteiger partial charge is 0.326 e. The van der Waals surface area contributed by atoms with E-state index in [-0.39, 0.29) is 25.9 Å². The fourth-order valence-corrected chi connectivity index (χ4v) is 6.54. The molecular formula is C35H60N10O11. The molecule has 13 N–H and O–H groups in total. The molecule has 0 aromatic rings. The number of carboxylic acid groups (broad SMARTS) is 1. The normalized spacial score (nSPS) is 19.4. The Morgan fingerprint density at radius 3 is 1.79 bits per heavy atom. The number of nitrogens with two attached hydrogens (primary N) is 3. The standard InChI is InChI=1S/C35H60N10O11/c1-18(2)27(34(54)45-14-8-11-24(45)33(53)43-28(19(3)4)35(55)56)42-32(52)23-10-7-13-44(23)26(48)16-39-30(50)22(15-25(38)47)41-31(51)21(9-5-6-12-36)40-29(49)20(37)17-46/h18-24,27-28,46H,5-17,36-37H2,1-4H3,(H2,38,47)(H,39,50)(H,40,49)(H,41,51)(H,42,52)(H,43,53)(H,55,56)/t20-,21-,22-,23-,24-,27-,28-/m0/s1. The van der Waals surface area contributed by atoms with Gasteiger partial charge in [0.2, 0.25) is 47.3 Å². The molecule has 21 nitrogen and oxygen atoms in total. The number of hydrogen-bond donors (Lipinski definition) is 10. The number of carbonyl (C=O) groups excluding carboxylic acids is 8. The summed E-state index contributed by atoms with van der Waals surface area (Å²) in [6.45, 7) is 6.10. The molecule has 0 radical (unpaired) electrons. The van der Waals surface area contributed by atoms with Gasteiger partial charge in [0.15, 0.2) is 0 Å². The van der Waals surface area contributed by atoms with Crippen LogP contribution in [0.5, 0.6) is 0 Å². The van der Waals surface area contributed by atoms with Gasteiger partial charge in [-0.2, -0.15) is 0 Å². The molecule has 316 valence electrons. The molecule has 8 amide bonds. The van der Waals surface area contributed by atoms with Crippen LogP contribution >= 0.6 is 0 Å². The van der Waals surface area contributed by atoms with Gasteiger partial charge in [0, 0.05) is 13.1 Å². The van der Waals surface area contributed by atoms with Gasteiger partial charge in [-0.25, -0.2) is 4.79 Å². The lowest BCUT2D eigenvalue weighted by Crippen LogP contribution is -2.59. The Kier molecular flexibility index (Phi) is 19.1. The summed E-state index contributed by atoms with van der Waals surface area (Å²) in [4.78, 5) is 119. The van der Waals surface area contributed by atoms with Crippen molar-refractivity contribution in [3.8, 4) is 0 Å². The number of nitrogens with zero attached hydrogens (tertiary/aromatic N) is 2. The Morgan fingerprint density at radius 2 is 1.27 bits per heavy atom. The molecular weight excluding hydrogens is 736 g/mol. The third-order valence-electron chi connectivity index (χ3n) is 9.74. The van der Waals surface area contributed by atoms with Crippen molar-refractivity contribution in [1.29, 1.82) is 0 Å². The van der Waals surface area contributed by atoms with Crippen LogP contribution < -0.4 is 43.8 Å². The van der Waals surface area contributed by atoms with E-state index in [4.69, 9.17) is 17.2 Å². The molecule has 2 fully saturated rings. The average molecular weight is 797 g/mol. The molecule has 0 bridgehead atoms. The van der Waals surface area contributed by atoms with Gasteiger partial charge < -0.3 is 63.8 Å². The molecule has 2 saturated heterocycles. The molecule has 0 aliphatic carbocycles. The van der Waals surface area contributed by atoms with Crippen LogP contribution in [-0.2, 0) is 43.2 Å². The quantitative estimate of drug-likeness (QED) is 0.0465. The summed E-state index contributed by atoms with van der Waals surface area (Å²) < 4.78 is 0. The van der Waals surface area contributed by atoms with Gasteiger partial charge >= 0.3 is 5.97 Å². The third kappa shape index (κ3) is 13.7. The number of likely N-dealkylation sites (tertiary alicyclic amines) is 2. The van der Waals surface area contributed by atoms with E-state index < -0.39 is 127 Å². The lowest BCUT2D eigenvalue weighted by Gasteiger charge is -2.32. The molecule has 0 aromatic carbocycles. The summed E-state index contributed by atoms with van der Waals surface area (Å²) in [5.74, 6) is -8.00. The molecule has 0 aromatic heterocycles. The predicted octanol–water partition coefficient (Wildman–Crippen LogP) is -4.26. The summed E-state index contributed by atoms with van der Waals surface area (Å²) >= 11 is 0. The van der Waals surface area contributed by atoms with Crippen molar-refractivity contribution in [2.45, 2.75) is 121 Å². The Morgan fingerprint density at radius 1 is 0.732 bits per heavy atom. The van der Waals surface area contributed by atoms with Crippen molar-refractivity contribution in [2.75, 3.05) is 32.8 Å². The van der Waals surface area contributed by atoms with Crippen LogP contribution in [0.15, 0.2) is 0 Å². The van der Waals surface area contributed by atoms with Crippen molar-refractivity contribution in [3.05, 3.63) is 0 Å². The second-order valence-electron chi connectivity index (χ2n) is 14.8. The summed E-state index contributed by atoms with van der Waals surface area (Å²) in [5.41, 5.74) is 16.4.